The number of hydrogen-bond acceptors (Lipinski definition) is 4. The zero-order chi connectivity index (χ0) is 25.6. The number of carboxylic acids is 1. The van der Waals surface area contributed by atoms with Gasteiger partial charge in [-0.2, -0.15) is 0 Å². The third-order valence-electron chi connectivity index (χ3n) is 6.07. The van der Waals surface area contributed by atoms with Gasteiger partial charge in [-0.05, 0) is 47.9 Å². The Kier molecular flexibility index (Phi) is 6.95. The Labute approximate surface area is 215 Å². The molecule has 0 aliphatic heterocycles. The van der Waals surface area contributed by atoms with Gasteiger partial charge < -0.3 is 5.11 Å². The molecule has 0 fully saturated rings. The average molecular weight is 484 g/mol. The first kappa shape index (κ1) is 23.8. The van der Waals surface area contributed by atoms with Crippen LogP contribution in [0.1, 0.15) is 22.3 Å². The topological polar surface area (TPSA) is 76.0 Å². The maximum atomic E-state index is 11.1. The lowest BCUT2D eigenvalue weighted by molar-refractivity contribution is -0.136. The van der Waals surface area contributed by atoms with Gasteiger partial charge in [-0.3, -0.25) is 19.7 Å². The van der Waals surface area contributed by atoms with E-state index in [9.17, 15) is 4.79 Å². The Balaban J connectivity index is 1.55. The zero-order valence-corrected chi connectivity index (χ0v) is 20.4. The normalized spacial score (nSPS) is 11.1. The van der Waals surface area contributed by atoms with E-state index in [1.807, 2.05) is 80.1 Å². The van der Waals surface area contributed by atoms with Crippen LogP contribution in [0.15, 0.2) is 104 Å². The predicted molar refractivity (Wildman–Crippen MR) is 148 cm³/mol. The van der Waals surface area contributed by atoms with Gasteiger partial charge in [0.25, 0.3) is 0 Å². The summed E-state index contributed by atoms with van der Waals surface area (Å²) < 4.78 is 0. The molecule has 0 spiro atoms. The second kappa shape index (κ2) is 10.8. The number of aliphatic carboxylic acids is 1. The van der Waals surface area contributed by atoms with Crippen molar-refractivity contribution in [2.45, 2.75) is 13.3 Å². The van der Waals surface area contributed by atoms with E-state index in [1.54, 1.807) is 6.20 Å². The maximum absolute atomic E-state index is 11.1. The van der Waals surface area contributed by atoms with E-state index in [0.717, 1.165) is 55.9 Å². The molecule has 3 aromatic heterocycles. The van der Waals surface area contributed by atoms with Crippen molar-refractivity contribution in [2.24, 2.45) is 0 Å². The molecule has 1 N–H and O–H groups in total. The van der Waals surface area contributed by atoms with Crippen LogP contribution in [0.4, 0.5) is 0 Å². The van der Waals surface area contributed by atoms with E-state index in [4.69, 9.17) is 15.1 Å². The highest BCUT2D eigenvalue weighted by Gasteiger charge is 2.12. The minimum Gasteiger partial charge on any atom is -0.481 e. The first-order valence-corrected chi connectivity index (χ1v) is 12.0. The molecule has 5 aromatic rings. The number of nitrogens with zero attached hydrogens (tertiary/aromatic N) is 3. The van der Waals surface area contributed by atoms with E-state index in [2.05, 4.69) is 41.4 Å². The van der Waals surface area contributed by atoms with Gasteiger partial charge in [-0.1, -0.05) is 66.7 Å². The molecule has 0 amide bonds. The number of benzene rings is 2. The summed E-state index contributed by atoms with van der Waals surface area (Å²) in [5, 5.41) is 9.15. The van der Waals surface area contributed by atoms with Gasteiger partial charge in [0.05, 0.1) is 17.8 Å². The van der Waals surface area contributed by atoms with Crippen LogP contribution in [0, 0.1) is 6.92 Å². The third kappa shape index (κ3) is 5.68. The summed E-state index contributed by atoms with van der Waals surface area (Å²) in [7, 11) is 0. The Bertz CT molecular complexity index is 1580. The summed E-state index contributed by atoms with van der Waals surface area (Å²) in [6.45, 7) is 2.01. The molecular formula is C32H25N3O2. The number of aromatic nitrogens is 3. The van der Waals surface area contributed by atoms with Crippen LogP contribution < -0.4 is 0 Å². The van der Waals surface area contributed by atoms with E-state index in [1.165, 1.54) is 0 Å². The molecule has 0 aliphatic carbocycles. The largest absolute Gasteiger partial charge is 0.481 e. The molecule has 3 heterocycles. The smallest absolute Gasteiger partial charge is 0.307 e. The third-order valence-corrected chi connectivity index (χ3v) is 6.07. The standard InChI is InChI=1S/C32H25N3O2/c1-22-15-29(21-34-31(22)25-10-5-9-24(16-25)17-30(36)37)32-26(13-12-23-7-3-2-4-8-23)18-28(20-35-32)27-11-6-14-33-19-27/h2-16,18-21H,17H2,1H3,(H,36,37)/b13-12+. The molecule has 180 valence electrons. The van der Waals surface area contributed by atoms with Gasteiger partial charge in [0.2, 0.25) is 0 Å². The predicted octanol–water partition coefficient (Wildman–Crippen LogP) is 6.98. The van der Waals surface area contributed by atoms with Crippen molar-refractivity contribution in [3.05, 3.63) is 126 Å². The molecule has 0 saturated heterocycles. The molecular weight excluding hydrogens is 458 g/mol. The summed E-state index contributed by atoms with van der Waals surface area (Å²) >= 11 is 0. The molecule has 5 heteroatoms. The SMILES string of the molecule is Cc1cc(-c2ncc(-c3cccnc3)cc2/C=C/c2ccccc2)cnc1-c1cccc(CC(=O)O)c1. The first-order chi connectivity index (χ1) is 18.1. The molecule has 0 radical (unpaired) electrons. The van der Waals surface area contributed by atoms with Gasteiger partial charge in [-0.15, -0.1) is 0 Å². The number of hydrogen-bond donors (Lipinski definition) is 1. The highest BCUT2D eigenvalue weighted by molar-refractivity contribution is 5.82. The lowest BCUT2D eigenvalue weighted by Gasteiger charge is -2.12. The Morgan fingerprint density at radius 1 is 0.757 bits per heavy atom. The summed E-state index contributed by atoms with van der Waals surface area (Å²) in [4.78, 5) is 25.0. The lowest BCUT2D eigenvalue weighted by Crippen LogP contribution is -2.00. The van der Waals surface area contributed by atoms with E-state index in [0.29, 0.717) is 0 Å². The van der Waals surface area contributed by atoms with Crippen molar-refractivity contribution in [3.8, 4) is 33.6 Å². The van der Waals surface area contributed by atoms with Crippen LogP contribution in [-0.4, -0.2) is 26.0 Å². The summed E-state index contributed by atoms with van der Waals surface area (Å²) in [6, 6.07) is 25.8. The van der Waals surface area contributed by atoms with Gasteiger partial charge in [-0.25, -0.2) is 0 Å². The molecule has 0 aliphatic rings. The van der Waals surface area contributed by atoms with E-state index >= 15 is 0 Å². The molecule has 0 atom stereocenters. The highest BCUT2D eigenvalue weighted by atomic mass is 16.4. The number of rotatable bonds is 7. The number of carbonyl (C=O) groups is 1. The first-order valence-electron chi connectivity index (χ1n) is 12.0. The fourth-order valence-electron chi connectivity index (χ4n) is 4.30. The fourth-order valence-corrected chi connectivity index (χ4v) is 4.30. The molecule has 0 bridgehead atoms. The Morgan fingerprint density at radius 3 is 2.30 bits per heavy atom. The summed E-state index contributed by atoms with van der Waals surface area (Å²) in [5.74, 6) is -0.853. The van der Waals surface area contributed by atoms with Crippen molar-refractivity contribution < 1.29 is 9.90 Å². The van der Waals surface area contributed by atoms with Crippen LogP contribution >= 0.6 is 0 Å². The molecule has 0 saturated carbocycles. The van der Waals surface area contributed by atoms with Crippen molar-refractivity contribution in [3.63, 3.8) is 0 Å². The zero-order valence-electron chi connectivity index (χ0n) is 20.4. The van der Waals surface area contributed by atoms with Gasteiger partial charge in [0, 0.05) is 52.6 Å². The average Bonchev–Trinajstić information content (AvgIpc) is 2.92. The van der Waals surface area contributed by atoms with Crippen molar-refractivity contribution in [2.75, 3.05) is 0 Å². The van der Waals surface area contributed by atoms with Crippen molar-refractivity contribution in [1.29, 1.82) is 0 Å². The second-order valence-corrected chi connectivity index (χ2v) is 8.81. The van der Waals surface area contributed by atoms with Crippen LogP contribution in [0.5, 0.6) is 0 Å². The van der Waals surface area contributed by atoms with E-state index in [-0.39, 0.29) is 6.42 Å². The van der Waals surface area contributed by atoms with Crippen LogP contribution in [0.2, 0.25) is 0 Å². The monoisotopic (exact) mass is 483 g/mol. The minimum absolute atomic E-state index is 0.0186. The van der Waals surface area contributed by atoms with Crippen molar-refractivity contribution in [1.82, 2.24) is 15.0 Å². The Morgan fingerprint density at radius 2 is 1.54 bits per heavy atom. The molecule has 0 unspecified atom stereocenters. The minimum atomic E-state index is -0.853. The molecule has 2 aromatic carbocycles. The number of carboxylic acid groups (broad SMARTS) is 1. The van der Waals surface area contributed by atoms with Gasteiger partial charge in [0.1, 0.15) is 0 Å². The van der Waals surface area contributed by atoms with Crippen LogP contribution in [0.3, 0.4) is 0 Å². The molecule has 5 rings (SSSR count). The summed E-state index contributed by atoms with van der Waals surface area (Å²) in [6.07, 6.45) is 11.4. The summed E-state index contributed by atoms with van der Waals surface area (Å²) in [5.41, 5.74) is 9.26. The second-order valence-electron chi connectivity index (χ2n) is 8.81. The lowest BCUT2D eigenvalue weighted by atomic mass is 9.98. The van der Waals surface area contributed by atoms with Gasteiger partial charge >= 0.3 is 5.97 Å². The highest BCUT2D eigenvalue weighted by Crippen LogP contribution is 2.31. The van der Waals surface area contributed by atoms with Crippen LogP contribution in [0.25, 0.3) is 45.8 Å². The van der Waals surface area contributed by atoms with Gasteiger partial charge in [0.15, 0.2) is 0 Å². The Hall–Kier alpha value is -4.90. The fraction of sp³-hybridized carbons (Fsp3) is 0.0625. The van der Waals surface area contributed by atoms with Crippen molar-refractivity contribution >= 4 is 18.1 Å². The maximum Gasteiger partial charge on any atom is 0.307 e. The number of pyridine rings is 3. The van der Waals surface area contributed by atoms with E-state index < -0.39 is 5.97 Å². The van der Waals surface area contributed by atoms with Crippen LogP contribution in [-0.2, 0) is 11.2 Å². The number of aryl methyl sites for hydroxylation is 1. The quantitative estimate of drug-likeness (QED) is 0.270. The molecule has 5 nitrogen and oxygen atoms in total. The molecule has 37 heavy (non-hydrogen) atoms.